The van der Waals surface area contributed by atoms with E-state index in [0.29, 0.717) is 12.2 Å². The van der Waals surface area contributed by atoms with Gasteiger partial charge in [0.05, 0.1) is 22.7 Å². The third kappa shape index (κ3) is 7.31. The number of nitrogens with one attached hydrogen (secondary N) is 1. The summed E-state index contributed by atoms with van der Waals surface area (Å²) >= 11 is 6.31. The van der Waals surface area contributed by atoms with Crippen molar-refractivity contribution in [2.75, 3.05) is 18.0 Å². The highest BCUT2D eigenvalue weighted by Gasteiger charge is 2.33. The molecule has 0 radical (unpaired) electrons. The van der Waals surface area contributed by atoms with Crippen LogP contribution in [0.25, 0.3) is 0 Å². The van der Waals surface area contributed by atoms with Crippen LogP contribution in [0.15, 0.2) is 77.7 Å². The molecule has 0 spiro atoms. The molecule has 3 aromatic carbocycles. The molecule has 3 rings (SSSR count). The maximum atomic E-state index is 14.6. The largest absolute Gasteiger partial charge is 0.495 e. The summed E-state index contributed by atoms with van der Waals surface area (Å²) in [4.78, 5) is 28.1. The highest BCUT2D eigenvalue weighted by atomic mass is 35.5. The van der Waals surface area contributed by atoms with Gasteiger partial charge in [0.1, 0.15) is 24.2 Å². The van der Waals surface area contributed by atoms with E-state index < -0.39 is 40.2 Å². The zero-order valence-corrected chi connectivity index (χ0v) is 24.4. The van der Waals surface area contributed by atoms with Gasteiger partial charge in [0.25, 0.3) is 10.0 Å². The smallest absolute Gasteiger partial charge is 0.264 e. The molecule has 1 N–H and O–H groups in total. The number of amides is 2. The van der Waals surface area contributed by atoms with E-state index in [9.17, 15) is 22.4 Å². The van der Waals surface area contributed by atoms with E-state index in [0.717, 1.165) is 4.31 Å². The molecule has 0 unspecified atom stereocenters. The molecule has 11 heteroatoms. The van der Waals surface area contributed by atoms with Crippen LogP contribution in [0.4, 0.5) is 10.1 Å². The molecule has 2 atom stereocenters. The molecule has 2 amide bonds. The molecule has 0 heterocycles. The second-order valence-electron chi connectivity index (χ2n) is 9.25. The van der Waals surface area contributed by atoms with Crippen LogP contribution in [0.3, 0.4) is 0 Å². The normalized spacial score (nSPS) is 12.8. The summed E-state index contributed by atoms with van der Waals surface area (Å²) in [6, 6.07) is 16.7. The zero-order valence-electron chi connectivity index (χ0n) is 22.8. The summed E-state index contributed by atoms with van der Waals surface area (Å²) in [7, 11) is -2.83. The van der Waals surface area contributed by atoms with Gasteiger partial charge in [-0.3, -0.25) is 13.9 Å². The van der Waals surface area contributed by atoms with Crippen molar-refractivity contribution in [1.29, 1.82) is 0 Å². The number of nitrogens with zero attached hydrogens (tertiary/aromatic N) is 2. The van der Waals surface area contributed by atoms with Crippen LogP contribution >= 0.6 is 11.6 Å². The van der Waals surface area contributed by atoms with Crippen molar-refractivity contribution in [2.24, 2.45) is 0 Å². The topological polar surface area (TPSA) is 96.0 Å². The quantitative estimate of drug-likeness (QED) is 0.320. The van der Waals surface area contributed by atoms with Crippen LogP contribution < -0.4 is 14.4 Å². The Labute approximate surface area is 239 Å². The number of hydrogen-bond donors (Lipinski definition) is 1. The van der Waals surface area contributed by atoms with Crippen LogP contribution in [0.2, 0.25) is 5.02 Å². The van der Waals surface area contributed by atoms with Gasteiger partial charge in [-0.2, -0.15) is 0 Å². The Morgan fingerprint density at radius 1 is 1.02 bits per heavy atom. The molecular weight excluding hydrogens is 557 g/mol. The maximum absolute atomic E-state index is 14.6. The zero-order chi connectivity index (χ0) is 29.4. The standard InChI is InChI=1S/C29H33ClFN3O5S/c1-5-20(2)32-29(36)21(3)33(18-22-11-9-10-14-26(22)31)28(35)19-34(23-15-16-27(39-4)25(30)17-23)40(37,38)24-12-7-6-8-13-24/h6-17,20-21H,5,18-19H2,1-4H3,(H,32,36)/t20-,21-/m1/s1. The fourth-order valence-corrected chi connectivity index (χ4v) is 5.60. The maximum Gasteiger partial charge on any atom is 0.264 e. The lowest BCUT2D eigenvalue weighted by Gasteiger charge is -2.32. The Kier molecular flexibility index (Phi) is 10.5. The summed E-state index contributed by atoms with van der Waals surface area (Å²) in [5.41, 5.74) is 0.301. The van der Waals surface area contributed by atoms with Crippen LogP contribution in [0, 0.1) is 5.82 Å². The van der Waals surface area contributed by atoms with Gasteiger partial charge in [0, 0.05) is 18.2 Å². The molecule has 0 aliphatic carbocycles. The van der Waals surface area contributed by atoms with E-state index in [1.165, 1.54) is 67.5 Å². The number of anilines is 1. The minimum atomic E-state index is -4.26. The Balaban J connectivity index is 2.06. The first kappa shape index (κ1) is 30.9. The molecule has 214 valence electrons. The fraction of sp³-hybridized carbons (Fsp3) is 0.310. The van der Waals surface area contributed by atoms with Crippen LogP contribution in [0.5, 0.6) is 5.75 Å². The summed E-state index contributed by atoms with van der Waals surface area (Å²) in [5.74, 6) is -1.37. The monoisotopic (exact) mass is 589 g/mol. The molecule has 0 fully saturated rings. The summed E-state index contributed by atoms with van der Waals surface area (Å²) in [6.07, 6.45) is 0.668. The number of halogens is 2. The van der Waals surface area contributed by atoms with Crippen LogP contribution in [-0.2, 0) is 26.2 Å². The Hall–Kier alpha value is -3.63. The highest BCUT2D eigenvalue weighted by molar-refractivity contribution is 7.92. The Morgan fingerprint density at radius 2 is 1.68 bits per heavy atom. The molecule has 40 heavy (non-hydrogen) atoms. The lowest BCUT2D eigenvalue weighted by molar-refractivity contribution is -0.139. The molecule has 3 aromatic rings. The van der Waals surface area contributed by atoms with Gasteiger partial charge in [-0.15, -0.1) is 0 Å². The third-order valence-electron chi connectivity index (χ3n) is 6.50. The van der Waals surface area contributed by atoms with E-state index in [-0.39, 0.29) is 33.8 Å². The van der Waals surface area contributed by atoms with Crippen molar-refractivity contribution >= 4 is 39.1 Å². The van der Waals surface area contributed by atoms with E-state index in [4.69, 9.17) is 16.3 Å². The number of rotatable bonds is 12. The summed E-state index contributed by atoms with van der Waals surface area (Å²) < 4.78 is 48.3. The first-order chi connectivity index (χ1) is 19.0. The van der Waals surface area contributed by atoms with Crippen molar-refractivity contribution < 1.29 is 27.1 Å². The van der Waals surface area contributed by atoms with Gasteiger partial charge in [-0.25, -0.2) is 12.8 Å². The van der Waals surface area contributed by atoms with Gasteiger partial charge in [0.15, 0.2) is 0 Å². The Bertz CT molecular complexity index is 1440. The molecule has 0 saturated heterocycles. The Morgan fingerprint density at radius 3 is 2.27 bits per heavy atom. The average Bonchev–Trinajstić information content (AvgIpc) is 2.95. The molecule has 0 saturated carbocycles. The lowest BCUT2D eigenvalue weighted by Crippen LogP contribution is -2.52. The van der Waals surface area contributed by atoms with E-state index in [1.54, 1.807) is 24.3 Å². The first-order valence-corrected chi connectivity index (χ1v) is 14.6. The van der Waals surface area contributed by atoms with Crippen molar-refractivity contribution in [1.82, 2.24) is 10.2 Å². The van der Waals surface area contributed by atoms with Crippen molar-refractivity contribution in [2.45, 2.75) is 50.7 Å². The van der Waals surface area contributed by atoms with E-state index >= 15 is 0 Å². The molecule has 0 aromatic heterocycles. The molecule has 0 bridgehead atoms. The summed E-state index contributed by atoms with van der Waals surface area (Å²) in [5, 5.41) is 2.98. The molecule has 8 nitrogen and oxygen atoms in total. The van der Waals surface area contributed by atoms with Crippen molar-refractivity contribution in [3.63, 3.8) is 0 Å². The van der Waals surface area contributed by atoms with Crippen molar-refractivity contribution in [3.05, 3.63) is 89.2 Å². The minimum absolute atomic E-state index is 0.0436. The summed E-state index contributed by atoms with van der Waals surface area (Å²) in [6.45, 7) is 4.34. The van der Waals surface area contributed by atoms with Gasteiger partial charge in [-0.1, -0.05) is 54.9 Å². The van der Waals surface area contributed by atoms with E-state index in [2.05, 4.69) is 5.32 Å². The predicted octanol–water partition coefficient (Wildman–Crippen LogP) is 5.02. The number of sulfonamides is 1. The first-order valence-electron chi connectivity index (χ1n) is 12.7. The SMILES string of the molecule is CC[C@@H](C)NC(=O)[C@@H](C)N(Cc1ccccc1F)C(=O)CN(c1ccc(OC)c(Cl)c1)S(=O)(=O)c1ccccc1. The van der Waals surface area contributed by atoms with E-state index in [1.807, 2.05) is 13.8 Å². The lowest BCUT2D eigenvalue weighted by atomic mass is 10.1. The minimum Gasteiger partial charge on any atom is -0.495 e. The van der Waals surface area contributed by atoms with Gasteiger partial charge < -0.3 is 15.0 Å². The van der Waals surface area contributed by atoms with Gasteiger partial charge in [-0.05, 0) is 56.7 Å². The number of carbonyl (C=O) groups is 2. The second kappa shape index (κ2) is 13.6. The number of carbonyl (C=O) groups excluding carboxylic acids is 2. The highest BCUT2D eigenvalue weighted by Crippen LogP contribution is 2.32. The second-order valence-corrected chi connectivity index (χ2v) is 11.5. The van der Waals surface area contributed by atoms with Crippen LogP contribution in [-0.4, -0.2) is 50.9 Å². The van der Waals surface area contributed by atoms with Crippen molar-refractivity contribution in [3.8, 4) is 5.75 Å². The average molecular weight is 590 g/mol. The van der Waals surface area contributed by atoms with Gasteiger partial charge in [0.2, 0.25) is 11.8 Å². The third-order valence-corrected chi connectivity index (χ3v) is 8.58. The number of ether oxygens (including phenoxy) is 1. The number of hydrogen-bond acceptors (Lipinski definition) is 5. The molecular formula is C29H33ClFN3O5S. The van der Waals surface area contributed by atoms with Crippen LogP contribution in [0.1, 0.15) is 32.8 Å². The fourth-order valence-electron chi connectivity index (χ4n) is 3.92. The molecule has 0 aliphatic heterocycles. The molecule has 0 aliphatic rings. The van der Waals surface area contributed by atoms with Gasteiger partial charge >= 0.3 is 0 Å². The number of methoxy groups -OCH3 is 1. The number of benzene rings is 3. The predicted molar refractivity (Wildman–Crippen MR) is 153 cm³/mol.